The van der Waals surface area contributed by atoms with Crippen LogP contribution in [0.5, 0.6) is 0 Å². The second-order valence-electron chi connectivity index (χ2n) is 5.41. The average molecular weight is 238 g/mol. The Morgan fingerprint density at radius 1 is 1.35 bits per heavy atom. The lowest BCUT2D eigenvalue weighted by Gasteiger charge is -2.42. The van der Waals surface area contributed by atoms with Crippen LogP contribution in [0.4, 0.5) is 0 Å². The van der Waals surface area contributed by atoms with Crippen molar-refractivity contribution < 1.29 is 9.59 Å². The zero-order valence-electron chi connectivity index (χ0n) is 10.8. The van der Waals surface area contributed by atoms with Crippen molar-refractivity contribution in [2.75, 3.05) is 6.54 Å². The van der Waals surface area contributed by atoms with Crippen LogP contribution in [-0.2, 0) is 9.59 Å². The molecule has 4 nitrogen and oxygen atoms in total. The van der Waals surface area contributed by atoms with Crippen LogP contribution in [-0.4, -0.2) is 34.8 Å². The number of nitrogens with zero attached hydrogens (tertiary/aromatic N) is 1. The fourth-order valence-corrected chi connectivity index (χ4v) is 3.11. The summed E-state index contributed by atoms with van der Waals surface area (Å²) < 4.78 is 0. The van der Waals surface area contributed by atoms with Crippen LogP contribution in [0.25, 0.3) is 0 Å². The molecule has 1 saturated carbocycles. The first-order chi connectivity index (χ1) is 8.09. The Hall–Kier alpha value is -1.06. The van der Waals surface area contributed by atoms with Gasteiger partial charge >= 0.3 is 0 Å². The lowest BCUT2D eigenvalue weighted by molar-refractivity contribution is -0.152. The highest BCUT2D eigenvalue weighted by molar-refractivity contribution is 5.98. The van der Waals surface area contributed by atoms with Crippen LogP contribution in [0.1, 0.15) is 52.4 Å². The molecule has 2 rings (SSSR count). The number of carbonyl (C=O) groups excluding carboxylic acids is 2. The van der Waals surface area contributed by atoms with E-state index in [0.717, 1.165) is 38.5 Å². The topological polar surface area (TPSA) is 49.4 Å². The van der Waals surface area contributed by atoms with E-state index in [1.807, 2.05) is 6.92 Å². The van der Waals surface area contributed by atoms with E-state index in [1.54, 1.807) is 4.90 Å². The van der Waals surface area contributed by atoms with E-state index in [9.17, 15) is 9.59 Å². The van der Waals surface area contributed by atoms with E-state index >= 15 is 0 Å². The van der Waals surface area contributed by atoms with E-state index in [-0.39, 0.29) is 24.4 Å². The number of amides is 2. The molecule has 2 amide bonds. The standard InChI is InChI=1S/C13H22N2O2/c1-3-6-10(2)15-9-11(16)14-13(12(15)17)7-4-5-8-13/h10H,3-9H2,1-2H3,(H,14,16). The summed E-state index contributed by atoms with van der Waals surface area (Å²) >= 11 is 0. The van der Waals surface area contributed by atoms with Crippen molar-refractivity contribution in [3.05, 3.63) is 0 Å². The summed E-state index contributed by atoms with van der Waals surface area (Å²) in [6.07, 6.45) is 5.72. The molecule has 96 valence electrons. The Balaban J connectivity index is 2.17. The molecule has 1 unspecified atom stereocenters. The van der Waals surface area contributed by atoms with Crippen molar-refractivity contribution >= 4 is 11.8 Å². The van der Waals surface area contributed by atoms with Gasteiger partial charge in [-0.05, 0) is 26.2 Å². The van der Waals surface area contributed by atoms with Gasteiger partial charge in [0, 0.05) is 6.04 Å². The highest BCUT2D eigenvalue weighted by Crippen LogP contribution is 2.34. The number of hydrogen-bond donors (Lipinski definition) is 1. The Labute approximate surface area is 103 Å². The first-order valence-electron chi connectivity index (χ1n) is 6.71. The number of hydrogen-bond acceptors (Lipinski definition) is 2. The lowest BCUT2D eigenvalue weighted by Crippen LogP contribution is -2.66. The van der Waals surface area contributed by atoms with Crippen LogP contribution < -0.4 is 5.32 Å². The summed E-state index contributed by atoms with van der Waals surface area (Å²) in [5, 5.41) is 2.94. The molecule has 1 spiro atoms. The van der Waals surface area contributed by atoms with Crippen molar-refractivity contribution in [3.8, 4) is 0 Å². The number of carbonyl (C=O) groups is 2. The van der Waals surface area contributed by atoms with Gasteiger partial charge in [0.1, 0.15) is 5.54 Å². The highest BCUT2D eigenvalue weighted by Gasteiger charge is 2.48. The summed E-state index contributed by atoms with van der Waals surface area (Å²) in [5.41, 5.74) is -0.558. The summed E-state index contributed by atoms with van der Waals surface area (Å²) in [5.74, 6) is 0.157. The monoisotopic (exact) mass is 238 g/mol. The second kappa shape index (κ2) is 4.67. The Morgan fingerprint density at radius 2 is 2.00 bits per heavy atom. The van der Waals surface area contributed by atoms with Gasteiger partial charge in [0.25, 0.3) is 0 Å². The van der Waals surface area contributed by atoms with Gasteiger partial charge in [-0.15, -0.1) is 0 Å². The van der Waals surface area contributed by atoms with Gasteiger partial charge in [-0.2, -0.15) is 0 Å². The lowest BCUT2D eigenvalue weighted by atomic mass is 9.92. The van der Waals surface area contributed by atoms with Gasteiger partial charge < -0.3 is 10.2 Å². The van der Waals surface area contributed by atoms with E-state index in [1.165, 1.54) is 0 Å². The molecule has 1 N–H and O–H groups in total. The third kappa shape index (κ3) is 2.17. The summed E-state index contributed by atoms with van der Waals surface area (Å²) in [6, 6.07) is 0.177. The predicted octanol–water partition coefficient (Wildman–Crippen LogP) is 1.45. The molecule has 2 aliphatic rings. The SMILES string of the molecule is CCCC(C)N1CC(=O)NC2(CCCC2)C1=O. The van der Waals surface area contributed by atoms with Crippen LogP contribution in [0, 0.1) is 0 Å². The molecule has 1 heterocycles. The van der Waals surface area contributed by atoms with E-state index in [2.05, 4.69) is 12.2 Å². The number of nitrogens with one attached hydrogen (secondary N) is 1. The van der Waals surface area contributed by atoms with Crippen LogP contribution in [0.15, 0.2) is 0 Å². The molecule has 1 saturated heterocycles. The zero-order valence-corrected chi connectivity index (χ0v) is 10.8. The molecule has 1 atom stereocenters. The fourth-order valence-electron chi connectivity index (χ4n) is 3.11. The minimum atomic E-state index is -0.558. The minimum absolute atomic E-state index is 0.00875. The Morgan fingerprint density at radius 3 is 2.59 bits per heavy atom. The number of rotatable bonds is 3. The molecular weight excluding hydrogens is 216 g/mol. The van der Waals surface area contributed by atoms with Crippen molar-refractivity contribution in [1.82, 2.24) is 10.2 Å². The van der Waals surface area contributed by atoms with Gasteiger partial charge in [-0.1, -0.05) is 26.2 Å². The molecule has 2 fully saturated rings. The summed E-state index contributed by atoms with van der Waals surface area (Å²) in [7, 11) is 0. The summed E-state index contributed by atoms with van der Waals surface area (Å²) in [4.78, 5) is 26.1. The first-order valence-corrected chi connectivity index (χ1v) is 6.71. The van der Waals surface area contributed by atoms with Crippen LogP contribution in [0.3, 0.4) is 0 Å². The Kier molecular flexibility index (Phi) is 3.40. The van der Waals surface area contributed by atoms with Crippen LogP contribution >= 0.6 is 0 Å². The molecule has 17 heavy (non-hydrogen) atoms. The van der Waals surface area contributed by atoms with Crippen molar-refractivity contribution in [1.29, 1.82) is 0 Å². The zero-order chi connectivity index (χ0) is 12.5. The largest absolute Gasteiger partial charge is 0.340 e. The third-order valence-corrected chi connectivity index (χ3v) is 4.06. The second-order valence-corrected chi connectivity index (χ2v) is 5.41. The quantitative estimate of drug-likeness (QED) is 0.809. The molecule has 0 aromatic rings. The van der Waals surface area contributed by atoms with Gasteiger partial charge in [0.2, 0.25) is 11.8 Å². The molecule has 0 radical (unpaired) electrons. The maximum Gasteiger partial charge on any atom is 0.249 e. The first kappa shape index (κ1) is 12.4. The van der Waals surface area contributed by atoms with Gasteiger partial charge in [-0.25, -0.2) is 0 Å². The van der Waals surface area contributed by atoms with Crippen molar-refractivity contribution in [2.45, 2.75) is 64.0 Å². The van der Waals surface area contributed by atoms with Gasteiger partial charge in [-0.3, -0.25) is 9.59 Å². The van der Waals surface area contributed by atoms with E-state index in [4.69, 9.17) is 0 Å². The average Bonchev–Trinajstić information content (AvgIpc) is 2.73. The maximum atomic E-state index is 12.5. The molecule has 4 heteroatoms. The maximum absolute atomic E-state index is 12.5. The minimum Gasteiger partial charge on any atom is -0.340 e. The fraction of sp³-hybridized carbons (Fsp3) is 0.846. The van der Waals surface area contributed by atoms with Crippen molar-refractivity contribution in [2.24, 2.45) is 0 Å². The van der Waals surface area contributed by atoms with Crippen molar-refractivity contribution in [3.63, 3.8) is 0 Å². The molecule has 1 aliphatic carbocycles. The van der Waals surface area contributed by atoms with Gasteiger partial charge in [0.15, 0.2) is 0 Å². The molecular formula is C13H22N2O2. The third-order valence-electron chi connectivity index (χ3n) is 4.06. The van der Waals surface area contributed by atoms with E-state index < -0.39 is 5.54 Å². The summed E-state index contributed by atoms with van der Waals surface area (Å²) in [6.45, 7) is 4.39. The number of piperazine rings is 1. The molecule has 0 aromatic carbocycles. The van der Waals surface area contributed by atoms with Gasteiger partial charge in [0.05, 0.1) is 6.54 Å². The smallest absolute Gasteiger partial charge is 0.249 e. The molecule has 0 aromatic heterocycles. The molecule has 1 aliphatic heterocycles. The molecule has 0 bridgehead atoms. The highest BCUT2D eigenvalue weighted by atomic mass is 16.2. The Bertz CT molecular complexity index is 321. The normalized spacial score (nSPS) is 25.2. The predicted molar refractivity (Wildman–Crippen MR) is 65.4 cm³/mol. The van der Waals surface area contributed by atoms with E-state index in [0.29, 0.717) is 0 Å². The van der Waals surface area contributed by atoms with Crippen LogP contribution in [0.2, 0.25) is 0 Å².